The lowest BCUT2D eigenvalue weighted by Gasteiger charge is -2.24. The second kappa shape index (κ2) is 25.1. The molecule has 5 aromatic rings. The number of carbonyl (C=O) groups is 3. The monoisotopic (exact) mass is 887 g/mol. The summed E-state index contributed by atoms with van der Waals surface area (Å²) in [6, 6.07) is 41.4. The van der Waals surface area contributed by atoms with E-state index in [1.807, 2.05) is 121 Å². The largest absolute Gasteiger partial charge is 0.392 e. The van der Waals surface area contributed by atoms with Gasteiger partial charge in [0.2, 0.25) is 11.8 Å². The molecular formula is C54H70N4O7. The van der Waals surface area contributed by atoms with Crippen LogP contribution in [0.4, 0.5) is 0 Å². The van der Waals surface area contributed by atoms with E-state index in [4.69, 9.17) is 5.73 Å². The van der Waals surface area contributed by atoms with E-state index < -0.39 is 48.3 Å². The maximum Gasteiger partial charge on any atom is 0.251 e. The van der Waals surface area contributed by atoms with Gasteiger partial charge in [0, 0.05) is 43.3 Å². The molecule has 5 aromatic carbocycles. The molecule has 0 heterocycles. The van der Waals surface area contributed by atoms with Gasteiger partial charge in [-0.1, -0.05) is 150 Å². The van der Waals surface area contributed by atoms with Crippen molar-refractivity contribution in [3.8, 4) is 0 Å². The normalized spacial score (nSPS) is 18.8. The van der Waals surface area contributed by atoms with Crippen LogP contribution in [0.2, 0.25) is 0 Å². The van der Waals surface area contributed by atoms with Crippen molar-refractivity contribution in [2.75, 3.05) is 13.1 Å². The zero-order valence-corrected chi connectivity index (χ0v) is 36.1. The summed E-state index contributed by atoms with van der Waals surface area (Å²) in [6.45, 7) is 4.35. The van der Waals surface area contributed by atoms with Crippen LogP contribution in [0.1, 0.15) is 109 Å². The smallest absolute Gasteiger partial charge is 0.251 e. The molecule has 3 amide bonds. The van der Waals surface area contributed by atoms with E-state index in [1.54, 1.807) is 12.1 Å². The van der Waals surface area contributed by atoms with Crippen LogP contribution in [-0.4, -0.2) is 75.7 Å². The Morgan fingerprint density at radius 2 is 1.02 bits per heavy atom. The number of nitrogens with one attached hydrogen (secondary N) is 3. The van der Waals surface area contributed by atoms with Crippen LogP contribution in [0.3, 0.4) is 0 Å². The zero-order chi connectivity index (χ0) is 44.9. The van der Waals surface area contributed by atoms with Gasteiger partial charge in [-0.15, -0.1) is 0 Å². The van der Waals surface area contributed by atoms with E-state index in [0.717, 1.165) is 38.9 Å². The van der Waals surface area contributed by atoms with Crippen molar-refractivity contribution in [3.05, 3.63) is 178 Å². The van der Waals surface area contributed by atoms with Crippen LogP contribution in [-0.2, 0) is 35.3 Å². The SMILES string of the molecule is C.C.CC(C)c1ccc(C(=O)NC[C@@H](O)C[C@@H](Cc2ccccc2)C(=O)N[C@H]2c3ccccc3C[C@H]2O)cc1.NC[C@@H](O)C[C@@H](Cc1ccccc1)C(=O)N[C@H]1c2ccccc2C[C@H]1O. The second-order valence-corrected chi connectivity index (χ2v) is 17.2. The molecule has 0 saturated carbocycles. The third kappa shape index (κ3) is 14.4. The highest BCUT2D eigenvalue weighted by Crippen LogP contribution is 2.33. The topological polar surface area (TPSA) is 194 Å². The fourth-order valence-corrected chi connectivity index (χ4v) is 8.57. The lowest BCUT2D eigenvalue weighted by atomic mass is 9.92. The Morgan fingerprint density at radius 3 is 1.45 bits per heavy atom. The van der Waals surface area contributed by atoms with Crippen molar-refractivity contribution in [1.82, 2.24) is 16.0 Å². The average molecular weight is 887 g/mol. The summed E-state index contributed by atoms with van der Waals surface area (Å²) in [5, 5.41) is 50.5. The number of benzene rings is 5. The fraction of sp³-hybridized carbons (Fsp3) is 0.389. The molecule has 9 N–H and O–H groups in total. The van der Waals surface area contributed by atoms with Crippen molar-refractivity contribution < 1.29 is 34.8 Å². The Hall–Kier alpha value is -5.69. The van der Waals surface area contributed by atoms with Crippen LogP contribution >= 0.6 is 0 Å². The van der Waals surface area contributed by atoms with E-state index in [-0.39, 0.29) is 52.1 Å². The first-order chi connectivity index (χ1) is 30.4. The number of hydrogen-bond donors (Lipinski definition) is 8. The highest BCUT2D eigenvalue weighted by molar-refractivity contribution is 5.94. The number of amides is 3. The molecule has 0 spiro atoms. The van der Waals surface area contributed by atoms with Crippen molar-refractivity contribution in [1.29, 1.82) is 0 Å². The molecule has 0 bridgehead atoms. The zero-order valence-electron chi connectivity index (χ0n) is 36.1. The van der Waals surface area contributed by atoms with Gasteiger partial charge in [0.15, 0.2) is 0 Å². The molecule has 7 rings (SSSR count). The summed E-state index contributed by atoms with van der Waals surface area (Å²) in [5.74, 6) is -1.20. The van der Waals surface area contributed by atoms with E-state index in [1.165, 1.54) is 0 Å². The molecule has 0 aliphatic heterocycles. The summed E-state index contributed by atoms with van der Waals surface area (Å²) in [4.78, 5) is 39.0. The van der Waals surface area contributed by atoms with Crippen molar-refractivity contribution in [2.45, 2.75) is 110 Å². The van der Waals surface area contributed by atoms with Gasteiger partial charge in [0.1, 0.15) is 0 Å². The Bertz CT molecular complexity index is 2240. The molecule has 0 aromatic heterocycles. The summed E-state index contributed by atoms with van der Waals surface area (Å²) in [7, 11) is 0. The van der Waals surface area contributed by atoms with Crippen LogP contribution in [0.5, 0.6) is 0 Å². The second-order valence-electron chi connectivity index (χ2n) is 17.2. The third-order valence-corrected chi connectivity index (χ3v) is 12.1. The Labute approximate surface area is 385 Å². The van der Waals surface area contributed by atoms with E-state index in [0.29, 0.717) is 43.6 Å². The van der Waals surface area contributed by atoms with Crippen molar-refractivity contribution in [3.63, 3.8) is 0 Å². The van der Waals surface area contributed by atoms with Gasteiger partial charge in [-0.25, -0.2) is 0 Å². The van der Waals surface area contributed by atoms with Crippen LogP contribution in [0.25, 0.3) is 0 Å². The minimum Gasteiger partial charge on any atom is -0.392 e. The Balaban J connectivity index is 0.000000292. The third-order valence-electron chi connectivity index (χ3n) is 12.1. The summed E-state index contributed by atoms with van der Waals surface area (Å²) in [5.41, 5.74) is 13.2. The molecule has 11 nitrogen and oxygen atoms in total. The van der Waals surface area contributed by atoms with Crippen LogP contribution in [0, 0.1) is 11.8 Å². The van der Waals surface area contributed by atoms with Crippen LogP contribution < -0.4 is 21.7 Å². The molecule has 8 atom stereocenters. The van der Waals surface area contributed by atoms with Gasteiger partial charge in [0.05, 0.1) is 36.5 Å². The first kappa shape index (κ1) is 51.9. The molecule has 348 valence electrons. The van der Waals surface area contributed by atoms with Crippen molar-refractivity contribution >= 4 is 17.7 Å². The Morgan fingerprint density at radius 1 is 0.600 bits per heavy atom. The quantitative estimate of drug-likeness (QED) is 0.0517. The molecule has 0 radical (unpaired) electrons. The van der Waals surface area contributed by atoms with E-state index >= 15 is 0 Å². The fourth-order valence-electron chi connectivity index (χ4n) is 8.57. The number of aliphatic hydroxyl groups excluding tert-OH is 4. The molecular weight excluding hydrogens is 817 g/mol. The average Bonchev–Trinajstić information content (AvgIpc) is 3.79. The van der Waals surface area contributed by atoms with Gasteiger partial charge >= 0.3 is 0 Å². The molecule has 11 heteroatoms. The lowest BCUT2D eigenvalue weighted by Crippen LogP contribution is -2.41. The van der Waals surface area contributed by atoms with Gasteiger partial charge < -0.3 is 42.1 Å². The summed E-state index contributed by atoms with van der Waals surface area (Å²) in [6.07, 6.45) is -0.479. The molecule has 2 aliphatic rings. The van der Waals surface area contributed by atoms with Crippen LogP contribution in [0.15, 0.2) is 133 Å². The predicted molar refractivity (Wildman–Crippen MR) is 258 cm³/mol. The standard InChI is InChI=1S/C31H36N2O4.C21H26N2O3.2CH4/c1-20(2)22-12-14-23(15-13-22)30(36)32-19-26(34)17-25(16-21-8-4-3-5-9-21)31(37)33-29-27-11-7-6-10-24(27)18-28(29)35;22-13-17(24)11-16(10-14-6-2-1-3-7-14)21(26)23-20-18-9-5-4-8-15(18)12-19(20)25;;/h3-15,20,25-26,28-29,34-35H,16-19H2,1-2H3,(H,32,36)(H,33,37);1-9,16-17,19-20,24-25H,10-13,22H2,(H,23,26);2*1H4/t25-,26+,28-,29+;16-,17+,19-,20+;;/m11../s1. The molecule has 0 unspecified atom stereocenters. The summed E-state index contributed by atoms with van der Waals surface area (Å²) < 4.78 is 0. The molecule has 0 fully saturated rings. The number of hydrogen-bond acceptors (Lipinski definition) is 8. The number of aliphatic hydroxyl groups is 4. The number of rotatable bonds is 17. The van der Waals surface area contributed by atoms with Gasteiger partial charge in [0.25, 0.3) is 5.91 Å². The minimum atomic E-state index is -0.904. The van der Waals surface area contributed by atoms with Gasteiger partial charge in [-0.3, -0.25) is 14.4 Å². The lowest BCUT2D eigenvalue weighted by molar-refractivity contribution is -0.128. The Kier molecular flexibility index (Phi) is 20.1. The molecule has 65 heavy (non-hydrogen) atoms. The maximum atomic E-state index is 13.4. The maximum absolute atomic E-state index is 13.4. The van der Waals surface area contributed by atoms with Gasteiger partial charge in [-0.05, 0) is 82.7 Å². The van der Waals surface area contributed by atoms with Crippen molar-refractivity contribution in [2.24, 2.45) is 17.6 Å². The summed E-state index contributed by atoms with van der Waals surface area (Å²) >= 11 is 0. The molecule has 0 saturated heterocycles. The highest BCUT2D eigenvalue weighted by atomic mass is 16.3. The molecule has 2 aliphatic carbocycles. The first-order valence-corrected chi connectivity index (χ1v) is 22.0. The first-order valence-electron chi connectivity index (χ1n) is 22.0. The van der Waals surface area contributed by atoms with E-state index in [9.17, 15) is 34.8 Å². The highest BCUT2D eigenvalue weighted by Gasteiger charge is 2.35. The number of nitrogens with two attached hydrogens (primary N) is 1. The predicted octanol–water partition coefficient (Wildman–Crippen LogP) is 6.53. The number of carbonyl (C=O) groups excluding carboxylic acids is 3. The van der Waals surface area contributed by atoms with Gasteiger partial charge in [-0.2, -0.15) is 0 Å². The van der Waals surface area contributed by atoms with E-state index in [2.05, 4.69) is 29.8 Å². The number of fused-ring (bicyclic) bond motifs is 2. The minimum absolute atomic E-state index is 0.